The molecule has 1 atom stereocenters. The molecule has 0 aliphatic carbocycles. The molecule has 2 aromatic carbocycles. The van der Waals surface area contributed by atoms with Crippen LogP contribution in [0.15, 0.2) is 53.4 Å². The molecule has 1 amide bonds. The number of sulfonamides is 1. The number of nitrogens with one attached hydrogen (secondary N) is 1. The number of piperidine rings is 1. The van der Waals surface area contributed by atoms with Gasteiger partial charge in [-0.25, -0.2) is 8.42 Å². The number of carbonyl (C=O) groups is 1. The summed E-state index contributed by atoms with van der Waals surface area (Å²) in [6, 6.07) is 14.2. The van der Waals surface area contributed by atoms with E-state index in [0.717, 1.165) is 18.5 Å². The van der Waals surface area contributed by atoms with Crippen molar-refractivity contribution in [3.63, 3.8) is 0 Å². The van der Waals surface area contributed by atoms with Crippen LogP contribution in [0.4, 0.5) is 5.69 Å². The summed E-state index contributed by atoms with van der Waals surface area (Å²) in [5.74, 6) is 0.0970. The fourth-order valence-corrected chi connectivity index (χ4v) is 5.08. The average Bonchev–Trinajstić information content (AvgIpc) is 2.75. The minimum atomic E-state index is -3.64. The van der Waals surface area contributed by atoms with Crippen molar-refractivity contribution >= 4 is 21.6 Å². The Balaban J connectivity index is 1.66. The predicted octanol–water partition coefficient (Wildman–Crippen LogP) is 3.69. The third-order valence-corrected chi connectivity index (χ3v) is 7.09. The Morgan fingerprint density at radius 2 is 1.83 bits per heavy atom. The zero-order chi connectivity index (χ0) is 20.9. The first-order chi connectivity index (χ1) is 13.9. The van der Waals surface area contributed by atoms with Crippen molar-refractivity contribution in [2.75, 3.05) is 25.5 Å². The smallest absolute Gasteiger partial charge is 0.243 e. The number of amides is 1. The lowest BCUT2D eigenvalue weighted by Gasteiger charge is -2.31. The number of nitrogens with zero attached hydrogens (tertiary/aromatic N) is 1. The number of rotatable bonds is 7. The molecule has 0 saturated carbocycles. The van der Waals surface area contributed by atoms with E-state index in [1.807, 2.05) is 24.3 Å². The second-order valence-corrected chi connectivity index (χ2v) is 9.25. The highest BCUT2D eigenvalue weighted by molar-refractivity contribution is 7.89. The van der Waals surface area contributed by atoms with E-state index in [4.69, 9.17) is 4.74 Å². The number of methoxy groups -OCH3 is 1. The minimum Gasteiger partial charge on any atom is -0.497 e. The van der Waals surface area contributed by atoms with E-state index in [9.17, 15) is 13.2 Å². The second-order valence-electron chi connectivity index (χ2n) is 7.31. The molecule has 1 aliphatic heterocycles. The summed E-state index contributed by atoms with van der Waals surface area (Å²) in [6.07, 6.45) is 3.42. The first-order valence-corrected chi connectivity index (χ1v) is 11.4. The van der Waals surface area contributed by atoms with Crippen molar-refractivity contribution in [1.29, 1.82) is 0 Å². The highest BCUT2D eigenvalue weighted by Gasteiger charge is 2.33. The van der Waals surface area contributed by atoms with Gasteiger partial charge in [-0.15, -0.1) is 0 Å². The maximum atomic E-state index is 13.0. The zero-order valence-corrected chi connectivity index (χ0v) is 17.7. The van der Waals surface area contributed by atoms with Gasteiger partial charge in [0, 0.05) is 18.8 Å². The third-order valence-electron chi connectivity index (χ3n) is 5.21. The maximum Gasteiger partial charge on any atom is 0.243 e. The lowest BCUT2D eigenvalue weighted by Crippen LogP contribution is -2.43. The molecule has 1 heterocycles. The van der Waals surface area contributed by atoms with Crippen LogP contribution in [0.5, 0.6) is 5.75 Å². The molecule has 0 spiro atoms. The first-order valence-electron chi connectivity index (χ1n) is 9.98. The summed E-state index contributed by atoms with van der Waals surface area (Å²) in [5, 5.41) is 2.93. The van der Waals surface area contributed by atoms with Crippen LogP contribution in [0.25, 0.3) is 0 Å². The summed E-state index contributed by atoms with van der Waals surface area (Å²) in [4.78, 5) is 12.9. The standard InChI is InChI=1S/C22H28N2O4S/c1-3-5-17-7-9-19(10-8-17)23-22(25)18-6-4-15-24(16-18)29(26,27)21-13-11-20(28-2)12-14-21/h7-14,18H,3-6,15-16H2,1-2H3,(H,23,25)/t18-/m0/s1. The van der Waals surface area contributed by atoms with E-state index in [-0.39, 0.29) is 23.3 Å². The number of anilines is 1. The van der Waals surface area contributed by atoms with Gasteiger partial charge in [-0.2, -0.15) is 4.31 Å². The highest BCUT2D eigenvalue weighted by Crippen LogP contribution is 2.26. The predicted molar refractivity (Wildman–Crippen MR) is 114 cm³/mol. The lowest BCUT2D eigenvalue weighted by molar-refractivity contribution is -0.120. The largest absolute Gasteiger partial charge is 0.497 e. The van der Waals surface area contributed by atoms with E-state index in [0.29, 0.717) is 25.1 Å². The fraction of sp³-hybridized carbons (Fsp3) is 0.409. The van der Waals surface area contributed by atoms with Crippen molar-refractivity contribution in [1.82, 2.24) is 4.31 Å². The van der Waals surface area contributed by atoms with Crippen molar-refractivity contribution in [3.05, 3.63) is 54.1 Å². The fourth-order valence-electron chi connectivity index (χ4n) is 3.56. The summed E-state index contributed by atoms with van der Waals surface area (Å²) in [7, 11) is -2.10. The van der Waals surface area contributed by atoms with Gasteiger partial charge >= 0.3 is 0 Å². The molecule has 3 rings (SSSR count). The van der Waals surface area contributed by atoms with Crippen LogP contribution in [-0.2, 0) is 21.2 Å². The van der Waals surface area contributed by atoms with Gasteiger partial charge in [0.05, 0.1) is 17.9 Å². The number of benzene rings is 2. The van der Waals surface area contributed by atoms with Crippen LogP contribution in [0.3, 0.4) is 0 Å². The van der Waals surface area contributed by atoms with Crippen molar-refractivity contribution in [2.24, 2.45) is 5.92 Å². The molecule has 6 nitrogen and oxygen atoms in total. The van der Waals surface area contributed by atoms with Crippen molar-refractivity contribution < 1.29 is 17.9 Å². The molecule has 0 unspecified atom stereocenters. The van der Waals surface area contributed by atoms with E-state index >= 15 is 0 Å². The molecular weight excluding hydrogens is 388 g/mol. The van der Waals surface area contributed by atoms with E-state index in [2.05, 4.69) is 12.2 Å². The van der Waals surface area contributed by atoms with Crippen LogP contribution in [-0.4, -0.2) is 38.8 Å². The summed E-state index contributed by atoms with van der Waals surface area (Å²) >= 11 is 0. The van der Waals surface area contributed by atoms with Crippen molar-refractivity contribution in [3.8, 4) is 5.75 Å². The van der Waals surface area contributed by atoms with Crippen LogP contribution >= 0.6 is 0 Å². The van der Waals surface area contributed by atoms with Crippen LogP contribution in [0.2, 0.25) is 0 Å². The minimum absolute atomic E-state index is 0.136. The molecule has 0 radical (unpaired) electrons. The molecule has 1 N–H and O–H groups in total. The van der Waals surface area contributed by atoms with E-state index in [1.54, 1.807) is 12.1 Å². The van der Waals surface area contributed by atoms with Crippen LogP contribution in [0.1, 0.15) is 31.7 Å². The molecule has 0 aromatic heterocycles. The van der Waals surface area contributed by atoms with Gasteiger partial charge in [0.25, 0.3) is 0 Å². The number of aryl methyl sites for hydroxylation is 1. The number of carbonyl (C=O) groups excluding carboxylic acids is 1. The topological polar surface area (TPSA) is 75.7 Å². The number of hydrogen-bond acceptors (Lipinski definition) is 4. The molecule has 1 saturated heterocycles. The van der Waals surface area contributed by atoms with Crippen LogP contribution in [0, 0.1) is 5.92 Å². The third kappa shape index (κ3) is 5.16. The Hall–Kier alpha value is -2.38. The van der Waals surface area contributed by atoms with Crippen molar-refractivity contribution in [2.45, 2.75) is 37.5 Å². The van der Waals surface area contributed by atoms with Gasteiger partial charge in [0.2, 0.25) is 15.9 Å². The summed E-state index contributed by atoms with van der Waals surface area (Å²) in [6.45, 7) is 2.74. The highest BCUT2D eigenvalue weighted by atomic mass is 32.2. The molecule has 7 heteroatoms. The molecule has 29 heavy (non-hydrogen) atoms. The Bertz CT molecular complexity index is 924. The van der Waals surface area contributed by atoms with E-state index < -0.39 is 10.0 Å². The lowest BCUT2D eigenvalue weighted by atomic mass is 9.98. The Morgan fingerprint density at radius 1 is 1.14 bits per heavy atom. The monoisotopic (exact) mass is 416 g/mol. The van der Waals surface area contributed by atoms with E-state index in [1.165, 1.54) is 29.1 Å². The van der Waals surface area contributed by atoms with Gasteiger partial charge < -0.3 is 10.1 Å². The molecule has 2 aromatic rings. The van der Waals surface area contributed by atoms with Gasteiger partial charge in [-0.1, -0.05) is 25.5 Å². The SMILES string of the molecule is CCCc1ccc(NC(=O)[C@H]2CCCN(S(=O)(=O)c3ccc(OC)cc3)C2)cc1. The maximum absolute atomic E-state index is 13.0. The average molecular weight is 417 g/mol. The summed E-state index contributed by atoms with van der Waals surface area (Å²) < 4.78 is 32.4. The van der Waals surface area contributed by atoms with Crippen LogP contribution < -0.4 is 10.1 Å². The Morgan fingerprint density at radius 3 is 2.45 bits per heavy atom. The quantitative estimate of drug-likeness (QED) is 0.747. The second kappa shape index (κ2) is 9.41. The molecule has 1 aliphatic rings. The zero-order valence-electron chi connectivity index (χ0n) is 16.9. The molecular formula is C22H28N2O4S. The number of hydrogen-bond donors (Lipinski definition) is 1. The first kappa shape index (κ1) is 21.3. The van der Waals surface area contributed by atoms with Gasteiger partial charge in [0.15, 0.2) is 0 Å². The van der Waals surface area contributed by atoms with Gasteiger partial charge in [0.1, 0.15) is 5.75 Å². The Kier molecular flexibility index (Phi) is 6.92. The molecule has 156 valence electrons. The summed E-state index contributed by atoms with van der Waals surface area (Å²) in [5.41, 5.74) is 1.98. The molecule has 0 bridgehead atoms. The number of ether oxygens (including phenoxy) is 1. The van der Waals surface area contributed by atoms with Gasteiger partial charge in [-0.3, -0.25) is 4.79 Å². The normalized spacial score (nSPS) is 17.7. The van der Waals surface area contributed by atoms with Gasteiger partial charge in [-0.05, 0) is 61.2 Å². The molecule has 1 fully saturated rings. The Labute approximate surface area is 172 Å².